The highest BCUT2D eigenvalue weighted by Crippen LogP contribution is 2.21. The van der Waals surface area contributed by atoms with E-state index in [4.69, 9.17) is 4.74 Å². The highest BCUT2D eigenvalue weighted by Gasteiger charge is 2.28. The van der Waals surface area contributed by atoms with E-state index in [2.05, 4.69) is 15.6 Å². The standard InChI is InChI=1S/C15H15N3O3S/c19-13-7-6-12(18-13)14(20)21-8-11-9-22-15(17-11)16-10-4-2-1-3-5-10/h1-5,9,12H,6-8H2,(H,16,17)(H,18,19). The number of nitrogens with one attached hydrogen (secondary N) is 2. The van der Waals surface area contributed by atoms with Crippen LogP contribution >= 0.6 is 11.3 Å². The summed E-state index contributed by atoms with van der Waals surface area (Å²) in [6, 6.07) is 9.20. The normalized spacial score (nSPS) is 17.1. The predicted molar refractivity (Wildman–Crippen MR) is 82.8 cm³/mol. The molecule has 2 aromatic rings. The van der Waals surface area contributed by atoms with Crippen molar-refractivity contribution in [3.63, 3.8) is 0 Å². The Morgan fingerprint density at radius 1 is 1.41 bits per heavy atom. The number of anilines is 2. The zero-order chi connectivity index (χ0) is 15.4. The second kappa shape index (κ2) is 6.57. The molecule has 3 rings (SSSR count). The minimum absolute atomic E-state index is 0.107. The van der Waals surface area contributed by atoms with E-state index in [1.165, 1.54) is 11.3 Å². The molecule has 114 valence electrons. The van der Waals surface area contributed by atoms with Gasteiger partial charge in [-0.3, -0.25) is 4.79 Å². The monoisotopic (exact) mass is 317 g/mol. The van der Waals surface area contributed by atoms with Crippen molar-refractivity contribution in [2.24, 2.45) is 0 Å². The molecule has 2 heterocycles. The van der Waals surface area contributed by atoms with Crippen molar-refractivity contribution >= 4 is 34.0 Å². The molecule has 0 aliphatic carbocycles. The van der Waals surface area contributed by atoms with Crippen LogP contribution in [0.4, 0.5) is 10.8 Å². The summed E-state index contributed by atoms with van der Waals surface area (Å²) in [5.41, 5.74) is 1.63. The lowest BCUT2D eigenvalue weighted by Gasteiger charge is -2.08. The van der Waals surface area contributed by atoms with Crippen LogP contribution < -0.4 is 10.6 Å². The maximum absolute atomic E-state index is 11.8. The van der Waals surface area contributed by atoms with Crippen molar-refractivity contribution in [1.29, 1.82) is 0 Å². The van der Waals surface area contributed by atoms with E-state index in [0.29, 0.717) is 18.5 Å². The molecule has 0 radical (unpaired) electrons. The summed E-state index contributed by atoms with van der Waals surface area (Å²) in [7, 11) is 0. The van der Waals surface area contributed by atoms with E-state index < -0.39 is 12.0 Å². The number of hydrogen-bond donors (Lipinski definition) is 2. The number of esters is 1. The molecule has 0 bridgehead atoms. The third-order valence-electron chi connectivity index (χ3n) is 3.22. The molecular formula is C15H15N3O3S. The molecule has 0 saturated carbocycles. The first-order valence-corrected chi connectivity index (χ1v) is 7.81. The summed E-state index contributed by atoms with van der Waals surface area (Å²) in [6.07, 6.45) is 0.872. The fourth-order valence-corrected chi connectivity index (χ4v) is 2.83. The molecule has 1 aliphatic rings. The highest BCUT2D eigenvalue weighted by atomic mass is 32.1. The molecule has 1 aliphatic heterocycles. The Morgan fingerprint density at radius 3 is 2.95 bits per heavy atom. The number of carbonyl (C=O) groups excluding carboxylic acids is 2. The van der Waals surface area contributed by atoms with Gasteiger partial charge in [0, 0.05) is 17.5 Å². The molecule has 7 heteroatoms. The number of nitrogens with zero attached hydrogens (tertiary/aromatic N) is 1. The molecule has 22 heavy (non-hydrogen) atoms. The van der Waals surface area contributed by atoms with Gasteiger partial charge < -0.3 is 15.4 Å². The lowest BCUT2D eigenvalue weighted by molar-refractivity contribution is -0.147. The Bertz CT molecular complexity index is 672. The average molecular weight is 317 g/mol. The number of hydrogen-bond acceptors (Lipinski definition) is 6. The van der Waals surface area contributed by atoms with Crippen LogP contribution in [0.3, 0.4) is 0 Å². The van der Waals surface area contributed by atoms with Crippen molar-refractivity contribution in [1.82, 2.24) is 10.3 Å². The van der Waals surface area contributed by atoms with Crippen molar-refractivity contribution in [3.8, 4) is 0 Å². The van der Waals surface area contributed by atoms with E-state index in [-0.39, 0.29) is 12.5 Å². The van der Waals surface area contributed by atoms with Gasteiger partial charge in [0.2, 0.25) is 5.91 Å². The highest BCUT2D eigenvalue weighted by molar-refractivity contribution is 7.13. The van der Waals surface area contributed by atoms with E-state index in [9.17, 15) is 9.59 Å². The van der Waals surface area contributed by atoms with Gasteiger partial charge in [-0.05, 0) is 18.6 Å². The zero-order valence-electron chi connectivity index (χ0n) is 11.7. The van der Waals surface area contributed by atoms with Crippen molar-refractivity contribution in [3.05, 3.63) is 41.4 Å². The third-order valence-corrected chi connectivity index (χ3v) is 4.03. The molecule has 1 atom stereocenters. The van der Waals surface area contributed by atoms with Gasteiger partial charge in [-0.25, -0.2) is 9.78 Å². The first-order chi connectivity index (χ1) is 10.7. The van der Waals surface area contributed by atoms with Crippen LogP contribution in [-0.2, 0) is 20.9 Å². The summed E-state index contributed by atoms with van der Waals surface area (Å²) in [5, 5.41) is 8.35. The van der Waals surface area contributed by atoms with E-state index in [1.54, 1.807) is 0 Å². The Hall–Kier alpha value is -2.41. The van der Waals surface area contributed by atoms with Crippen LogP contribution in [0.15, 0.2) is 35.7 Å². The molecular weight excluding hydrogens is 302 g/mol. The van der Waals surface area contributed by atoms with Crippen LogP contribution in [0.5, 0.6) is 0 Å². The minimum atomic E-state index is -0.520. The van der Waals surface area contributed by atoms with Crippen LogP contribution in [0.25, 0.3) is 0 Å². The minimum Gasteiger partial charge on any atom is -0.458 e. The summed E-state index contributed by atoms with van der Waals surface area (Å²) in [6.45, 7) is 0.109. The fraction of sp³-hybridized carbons (Fsp3) is 0.267. The smallest absolute Gasteiger partial charge is 0.329 e. The predicted octanol–water partition coefficient (Wildman–Crippen LogP) is 2.21. The Kier molecular flexibility index (Phi) is 4.34. The topological polar surface area (TPSA) is 80.3 Å². The molecule has 1 aromatic carbocycles. The average Bonchev–Trinajstić information content (AvgIpc) is 3.15. The number of ether oxygens (including phenoxy) is 1. The van der Waals surface area contributed by atoms with Crippen molar-refractivity contribution in [2.75, 3.05) is 5.32 Å². The second-order valence-corrected chi connectivity index (χ2v) is 5.76. The largest absolute Gasteiger partial charge is 0.458 e. The molecule has 1 fully saturated rings. The maximum atomic E-state index is 11.8. The van der Waals surface area contributed by atoms with Gasteiger partial charge >= 0.3 is 5.97 Å². The van der Waals surface area contributed by atoms with Crippen LogP contribution in [-0.4, -0.2) is 22.9 Å². The van der Waals surface area contributed by atoms with Crippen molar-refractivity contribution < 1.29 is 14.3 Å². The maximum Gasteiger partial charge on any atom is 0.329 e. The first kappa shape index (κ1) is 14.5. The van der Waals surface area contributed by atoms with Crippen LogP contribution in [0, 0.1) is 0 Å². The van der Waals surface area contributed by atoms with Crippen LogP contribution in [0.2, 0.25) is 0 Å². The summed E-state index contributed by atoms with van der Waals surface area (Å²) in [4.78, 5) is 27.2. The number of carbonyl (C=O) groups is 2. The second-order valence-electron chi connectivity index (χ2n) is 4.90. The molecule has 6 nitrogen and oxygen atoms in total. The van der Waals surface area contributed by atoms with Gasteiger partial charge in [-0.1, -0.05) is 18.2 Å². The van der Waals surface area contributed by atoms with Gasteiger partial charge in [-0.2, -0.15) is 0 Å². The van der Waals surface area contributed by atoms with E-state index in [1.807, 2.05) is 35.7 Å². The molecule has 1 amide bonds. The molecule has 1 saturated heterocycles. The Morgan fingerprint density at radius 2 is 2.23 bits per heavy atom. The Labute approximate surface area is 131 Å². The van der Waals surface area contributed by atoms with E-state index in [0.717, 1.165) is 10.8 Å². The number of amides is 1. The summed E-state index contributed by atoms with van der Waals surface area (Å²) in [5.74, 6) is -0.513. The number of benzene rings is 1. The number of aromatic nitrogens is 1. The van der Waals surface area contributed by atoms with Gasteiger partial charge in [-0.15, -0.1) is 11.3 Å². The SMILES string of the molecule is O=C1CCC(C(=O)OCc2csc(Nc3ccccc3)n2)N1. The molecule has 1 unspecified atom stereocenters. The number of para-hydroxylation sites is 1. The molecule has 1 aromatic heterocycles. The lowest BCUT2D eigenvalue weighted by Crippen LogP contribution is -2.34. The van der Waals surface area contributed by atoms with Gasteiger partial charge in [0.05, 0.1) is 5.69 Å². The lowest BCUT2D eigenvalue weighted by atomic mass is 10.2. The van der Waals surface area contributed by atoms with Crippen molar-refractivity contribution in [2.45, 2.75) is 25.5 Å². The first-order valence-electron chi connectivity index (χ1n) is 6.93. The van der Waals surface area contributed by atoms with Gasteiger partial charge in [0.25, 0.3) is 0 Å². The van der Waals surface area contributed by atoms with Gasteiger partial charge in [0.15, 0.2) is 5.13 Å². The van der Waals surface area contributed by atoms with E-state index >= 15 is 0 Å². The number of thiazole rings is 1. The third kappa shape index (κ3) is 3.62. The molecule has 0 spiro atoms. The Balaban J connectivity index is 1.51. The molecule has 2 N–H and O–H groups in total. The zero-order valence-corrected chi connectivity index (χ0v) is 12.6. The quantitative estimate of drug-likeness (QED) is 0.827. The van der Waals surface area contributed by atoms with Gasteiger partial charge in [0.1, 0.15) is 12.6 Å². The fourth-order valence-electron chi connectivity index (χ4n) is 2.11. The number of rotatable bonds is 5. The summed E-state index contributed by atoms with van der Waals surface area (Å²) >= 11 is 1.45. The summed E-state index contributed by atoms with van der Waals surface area (Å²) < 4.78 is 5.19. The van der Waals surface area contributed by atoms with Crippen LogP contribution in [0.1, 0.15) is 18.5 Å².